The Morgan fingerprint density at radius 2 is 2.00 bits per heavy atom. The van der Waals surface area contributed by atoms with Gasteiger partial charge in [0.25, 0.3) is 5.91 Å². The quantitative estimate of drug-likeness (QED) is 0.687. The average Bonchev–Trinajstić information content (AvgIpc) is 3.30. The second-order valence-corrected chi connectivity index (χ2v) is 6.82. The lowest BCUT2D eigenvalue weighted by molar-refractivity contribution is -0.136. The molecule has 1 amide bonds. The number of hydrogen-bond donors (Lipinski definition) is 2. The topological polar surface area (TPSA) is 92.5 Å². The van der Waals surface area contributed by atoms with Crippen LogP contribution < -0.4 is 10.6 Å². The van der Waals surface area contributed by atoms with Crippen molar-refractivity contribution < 1.29 is 14.1 Å². The molecule has 2 heterocycles. The number of carbonyl (C=O) groups is 1. The SMILES string of the molecule is CCN(CC)Cc1nc(C2(NC(=O)C3CNCCO3)CCCC2)no1.Cl.Cl. The van der Waals surface area contributed by atoms with E-state index in [9.17, 15) is 4.79 Å². The van der Waals surface area contributed by atoms with Crippen molar-refractivity contribution in [1.29, 1.82) is 0 Å². The Hall–Kier alpha value is -0.930. The van der Waals surface area contributed by atoms with E-state index in [0.717, 1.165) is 45.3 Å². The lowest BCUT2D eigenvalue weighted by Gasteiger charge is -2.30. The Bertz CT molecular complexity index is 571. The predicted molar refractivity (Wildman–Crippen MR) is 106 cm³/mol. The largest absolute Gasteiger partial charge is 0.366 e. The van der Waals surface area contributed by atoms with E-state index in [0.29, 0.717) is 31.4 Å². The molecule has 1 aromatic heterocycles. The Morgan fingerprint density at radius 3 is 2.59 bits per heavy atom. The van der Waals surface area contributed by atoms with Gasteiger partial charge in [0, 0.05) is 13.1 Å². The lowest BCUT2D eigenvalue weighted by Crippen LogP contribution is -2.53. The van der Waals surface area contributed by atoms with Crippen molar-refractivity contribution in [3.63, 3.8) is 0 Å². The summed E-state index contributed by atoms with van der Waals surface area (Å²) in [5.74, 6) is 1.11. The Balaban J connectivity index is 0.00000182. The monoisotopic (exact) mass is 423 g/mol. The van der Waals surface area contributed by atoms with Crippen molar-refractivity contribution in [2.24, 2.45) is 0 Å². The van der Waals surface area contributed by atoms with E-state index in [2.05, 4.69) is 39.5 Å². The lowest BCUT2D eigenvalue weighted by atomic mass is 9.96. The van der Waals surface area contributed by atoms with Gasteiger partial charge in [-0.1, -0.05) is 31.8 Å². The zero-order valence-electron chi connectivity index (χ0n) is 16.0. The summed E-state index contributed by atoms with van der Waals surface area (Å²) in [4.78, 5) is 19.5. The van der Waals surface area contributed by atoms with Gasteiger partial charge in [0.1, 0.15) is 11.6 Å². The molecular weight excluding hydrogens is 393 g/mol. The van der Waals surface area contributed by atoms with E-state index < -0.39 is 11.6 Å². The summed E-state index contributed by atoms with van der Waals surface area (Å²) < 4.78 is 11.0. The molecule has 0 radical (unpaired) electrons. The zero-order chi connectivity index (χ0) is 17.7. The number of carbonyl (C=O) groups excluding carboxylic acids is 1. The minimum Gasteiger partial charge on any atom is -0.366 e. The van der Waals surface area contributed by atoms with Crippen LogP contribution in [0.15, 0.2) is 4.52 Å². The van der Waals surface area contributed by atoms with E-state index in [-0.39, 0.29) is 30.7 Å². The molecule has 1 aromatic rings. The first-order valence-electron chi connectivity index (χ1n) is 9.36. The van der Waals surface area contributed by atoms with Gasteiger partial charge in [-0.2, -0.15) is 4.98 Å². The van der Waals surface area contributed by atoms with Crippen molar-refractivity contribution in [3.05, 3.63) is 11.7 Å². The maximum atomic E-state index is 12.6. The van der Waals surface area contributed by atoms with Crippen LogP contribution in [0.3, 0.4) is 0 Å². The van der Waals surface area contributed by atoms with Crippen LogP contribution in [-0.4, -0.2) is 59.8 Å². The number of hydrogen-bond acceptors (Lipinski definition) is 7. The summed E-state index contributed by atoms with van der Waals surface area (Å²) in [6.07, 6.45) is 3.31. The summed E-state index contributed by atoms with van der Waals surface area (Å²) in [5.41, 5.74) is -0.525. The van der Waals surface area contributed by atoms with Crippen molar-refractivity contribution >= 4 is 30.7 Å². The summed E-state index contributed by atoms with van der Waals surface area (Å²) in [5, 5.41) is 10.6. The van der Waals surface area contributed by atoms with Crippen LogP contribution in [0.5, 0.6) is 0 Å². The first-order chi connectivity index (χ1) is 12.2. The van der Waals surface area contributed by atoms with E-state index >= 15 is 0 Å². The minimum atomic E-state index is -0.525. The second kappa shape index (κ2) is 11.2. The average molecular weight is 424 g/mol. The molecule has 27 heavy (non-hydrogen) atoms. The van der Waals surface area contributed by atoms with Gasteiger partial charge in [-0.15, -0.1) is 24.8 Å². The molecule has 2 N–H and O–H groups in total. The summed E-state index contributed by atoms with van der Waals surface area (Å²) in [7, 11) is 0. The number of nitrogens with one attached hydrogen (secondary N) is 2. The fourth-order valence-corrected chi connectivity index (χ4v) is 3.59. The molecule has 0 bridgehead atoms. The van der Waals surface area contributed by atoms with Crippen LogP contribution in [-0.2, 0) is 21.6 Å². The van der Waals surface area contributed by atoms with Gasteiger partial charge in [-0.25, -0.2) is 0 Å². The van der Waals surface area contributed by atoms with E-state index in [1.54, 1.807) is 0 Å². The molecule has 0 aromatic carbocycles. The van der Waals surface area contributed by atoms with Gasteiger partial charge in [0.05, 0.1) is 13.2 Å². The van der Waals surface area contributed by atoms with E-state index in [4.69, 9.17) is 9.26 Å². The first kappa shape index (κ1) is 24.1. The molecule has 3 rings (SSSR count). The van der Waals surface area contributed by atoms with Gasteiger partial charge in [-0.05, 0) is 25.9 Å². The molecular formula is C17H31Cl2N5O3. The molecule has 156 valence electrons. The van der Waals surface area contributed by atoms with Gasteiger partial charge >= 0.3 is 0 Å². The third-order valence-electron chi connectivity index (χ3n) is 5.19. The molecule has 1 saturated carbocycles. The summed E-state index contributed by atoms with van der Waals surface area (Å²) in [6, 6.07) is 0. The van der Waals surface area contributed by atoms with Crippen molar-refractivity contribution in [3.8, 4) is 0 Å². The Morgan fingerprint density at radius 1 is 1.30 bits per heavy atom. The summed E-state index contributed by atoms with van der Waals surface area (Å²) >= 11 is 0. The van der Waals surface area contributed by atoms with Crippen molar-refractivity contribution in [2.45, 2.75) is 57.7 Å². The fourth-order valence-electron chi connectivity index (χ4n) is 3.59. The number of rotatable bonds is 7. The molecule has 1 aliphatic heterocycles. The highest BCUT2D eigenvalue weighted by Crippen LogP contribution is 2.37. The van der Waals surface area contributed by atoms with Crippen LogP contribution in [0.4, 0.5) is 0 Å². The van der Waals surface area contributed by atoms with Crippen LogP contribution in [0, 0.1) is 0 Å². The number of morpholine rings is 1. The highest BCUT2D eigenvalue weighted by molar-refractivity contribution is 5.85. The van der Waals surface area contributed by atoms with Gasteiger partial charge in [0.15, 0.2) is 5.82 Å². The second-order valence-electron chi connectivity index (χ2n) is 6.82. The number of amides is 1. The summed E-state index contributed by atoms with van der Waals surface area (Å²) in [6.45, 7) is 8.61. The number of ether oxygens (including phenoxy) is 1. The van der Waals surface area contributed by atoms with Crippen LogP contribution in [0.25, 0.3) is 0 Å². The molecule has 1 aliphatic carbocycles. The highest BCUT2D eigenvalue weighted by Gasteiger charge is 2.42. The van der Waals surface area contributed by atoms with Crippen molar-refractivity contribution in [2.75, 3.05) is 32.8 Å². The Kier molecular flexibility index (Phi) is 9.97. The zero-order valence-corrected chi connectivity index (χ0v) is 17.7. The molecule has 1 atom stereocenters. The Labute approximate surface area is 173 Å². The maximum absolute atomic E-state index is 12.6. The van der Waals surface area contributed by atoms with E-state index in [1.165, 1.54) is 0 Å². The fraction of sp³-hybridized carbons (Fsp3) is 0.824. The first-order valence-corrected chi connectivity index (χ1v) is 9.36. The van der Waals surface area contributed by atoms with Crippen LogP contribution in [0.2, 0.25) is 0 Å². The standard InChI is InChI=1S/C17H29N5O3.2ClH/c1-3-22(4-2)12-14-19-16(21-25-14)17(7-5-6-8-17)20-15(23)13-11-18-9-10-24-13;;/h13,18H,3-12H2,1-2H3,(H,20,23);2*1H. The molecule has 1 unspecified atom stereocenters. The van der Waals surface area contributed by atoms with Crippen LogP contribution >= 0.6 is 24.8 Å². The number of aromatic nitrogens is 2. The normalized spacial score (nSPS) is 21.4. The molecule has 10 heteroatoms. The number of nitrogens with zero attached hydrogens (tertiary/aromatic N) is 3. The van der Waals surface area contributed by atoms with Gasteiger partial charge in [-0.3, -0.25) is 9.69 Å². The third-order valence-corrected chi connectivity index (χ3v) is 5.19. The maximum Gasteiger partial charge on any atom is 0.251 e. The molecule has 8 nitrogen and oxygen atoms in total. The minimum absolute atomic E-state index is 0. The van der Waals surface area contributed by atoms with Gasteiger partial charge in [0.2, 0.25) is 5.89 Å². The molecule has 0 spiro atoms. The smallest absolute Gasteiger partial charge is 0.251 e. The predicted octanol–water partition coefficient (Wildman–Crippen LogP) is 1.63. The van der Waals surface area contributed by atoms with Crippen molar-refractivity contribution in [1.82, 2.24) is 25.7 Å². The van der Waals surface area contributed by atoms with Gasteiger partial charge < -0.3 is 19.9 Å². The third kappa shape index (κ3) is 5.77. The highest BCUT2D eigenvalue weighted by atomic mass is 35.5. The molecule has 2 aliphatic rings. The van der Waals surface area contributed by atoms with E-state index in [1.807, 2.05) is 0 Å². The molecule has 2 fully saturated rings. The number of halogens is 2. The molecule has 1 saturated heterocycles. The van der Waals surface area contributed by atoms with Crippen LogP contribution in [0.1, 0.15) is 51.2 Å².